The van der Waals surface area contributed by atoms with Crippen LogP contribution >= 0.6 is 0 Å². The Morgan fingerprint density at radius 3 is 2.59 bits per heavy atom. The van der Waals surface area contributed by atoms with Crippen LogP contribution < -0.4 is 0 Å². The topological polar surface area (TPSA) is 29.5 Å². The molecule has 27 heavy (non-hydrogen) atoms. The van der Waals surface area contributed by atoms with Gasteiger partial charge in [-0.3, -0.25) is 4.79 Å². The third-order valence-electron chi connectivity index (χ3n) is 6.46. The second-order valence-corrected chi connectivity index (χ2v) is 8.65. The fraction of sp³-hybridized carbons (Fsp3) is 0.708. The van der Waals surface area contributed by atoms with Crippen molar-refractivity contribution in [2.75, 3.05) is 19.7 Å². The summed E-state index contributed by atoms with van der Waals surface area (Å²) in [6.07, 6.45) is 11.0. The molecule has 2 aliphatic rings. The van der Waals surface area contributed by atoms with Crippen LogP contribution in [-0.4, -0.2) is 30.5 Å². The van der Waals surface area contributed by atoms with Crippen LogP contribution in [0.4, 0.5) is 0 Å². The second kappa shape index (κ2) is 10.8. The lowest BCUT2D eigenvalue weighted by Gasteiger charge is -2.37. The van der Waals surface area contributed by atoms with Gasteiger partial charge in [-0.15, -0.1) is 0 Å². The quantitative estimate of drug-likeness (QED) is 0.609. The maximum atomic E-state index is 13.0. The number of hydrogen-bond donors (Lipinski definition) is 0. The Balaban J connectivity index is 1.39. The molecule has 1 aliphatic carbocycles. The van der Waals surface area contributed by atoms with Gasteiger partial charge in [0.15, 0.2) is 0 Å². The van der Waals surface area contributed by atoms with E-state index in [2.05, 4.69) is 36.1 Å². The predicted molar refractivity (Wildman–Crippen MR) is 110 cm³/mol. The molecule has 0 radical (unpaired) electrons. The first-order chi connectivity index (χ1) is 13.3. The van der Waals surface area contributed by atoms with Crippen LogP contribution in [0.1, 0.15) is 70.3 Å². The van der Waals surface area contributed by atoms with Crippen LogP contribution in [0.2, 0.25) is 0 Å². The lowest BCUT2D eigenvalue weighted by molar-refractivity contribution is -0.139. The minimum absolute atomic E-state index is 0.284. The van der Waals surface area contributed by atoms with E-state index in [4.69, 9.17) is 4.74 Å². The summed E-state index contributed by atoms with van der Waals surface area (Å²) in [5.74, 6) is 2.07. The molecule has 1 unspecified atom stereocenters. The van der Waals surface area contributed by atoms with E-state index in [1.807, 2.05) is 6.07 Å². The Labute approximate surface area is 165 Å². The molecule has 1 saturated carbocycles. The van der Waals surface area contributed by atoms with Gasteiger partial charge in [0.05, 0.1) is 13.2 Å². The number of unbranched alkanes of at least 4 members (excludes halogenated alkanes) is 1. The van der Waals surface area contributed by atoms with E-state index in [1.54, 1.807) is 0 Å². The fourth-order valence-electron chi connectivity index (χ4n) is 4.77. The summed E-state index contributed by atoms with van der Waals surface area (Å²) in [4.78, 5) is 15.1. The Morgan fingerprint density at radius 1 is 1.07 bits per heavy atom. The van der Waals surface area contributed by atoms with Crippen molar-refractivity contribution >= 4 is 5.91 Å². The van der Waals surface area contributed by atoms with Gasteiger partial charge in [-0.25, -0.2) is 0 Å². The van der Waals surface area contributed by atoms with Crippen molar-refractivity contribution in [1.29, 1.82) is 0 Å². The number of nitrogens with zero attached hydrogens (tertiary/aromatic N) is 1. The number of benzene rings is 1. The van der Waals surface area contributed by atoms with E-state index < -0.39 is 0 Å². The number of likely N-dealkylation sites (tertiary alicyclic amines) is 1. The van der Waals surface area contributed by atoms with Crippen LogP contribution in [0.15, 0.2) is 30.3 Å². The molecule has 1 saturated heterocycles. The molecule has 1 aliphatic heterocycles. The van der Waals surface area contributed by atoms with Crippen molar-refractivity contribution in [3.8, 4) is 0 Å². The highest BCUT2D eigenvalue weighted by Gasteiger charge is 2.31. The van der Waals surface area contributed by atoms with Gasteiger partial charge in [0.2, 0.25) is 5.91 Å². The molecule has 1 aromatic rings. The third-order valence-corrected chi connectivity index (χ3v) is 6.46. The highest BCUT2D eigenvalue weighted by molar-refractivity contribution is 5.79. The van der Waals surface area contributed by atoms with Gasteiger partial charge in [0.25, 0.3) is 0 Å². The molecule has 0 bridgehead atoms. The van der Waals surface area contributed by atoms with Crippen molar-refractivity contribution in [2.45, 2.75) is 71.3 Å². The fourth-order valence-corrected chi connectivity index (χ4v) is 4.77. The molecule has 0 N–H and O–H groups in total. The molecular formula is C24H37NO2. The van der Waals surface area contributed by atoms with E-state index in [0.717, 1.165) is 44.9 Å². The molecular weight excluding hydrogens is 334 g/mol. The van der Waals surface area contributed by atoms with E-state index in [0.29, 0.717) is 18.4 Å². The third kappa shape index (κ3) is 6.34. The zero-order valence-electron chi connectivity index (χ0n) is 17.1. The van der Waals surface area contributed by atoms with Crippen LogP contribution in [0.5, 0.6) is 0 Å². The van der Waals surface area contributed by atoms with E-state index in [9.17, 15) is 4.79 Å². The van der Waals surface area contributed by atoms with Crippen molar-refractivity contribution in [3.63, 3.8) is 0 Å². The number of piperidine rings is 1. The molecule has 1 heterocycles. The Hall–Kier alpha value is -1.35. The summed E-state index contributed by atoms with van der Waals surface area (Å²) in [5.41, 5.74) is 1.22. The van der Waals surface area contributed by atoms with Crippen molar-refractivity contribution in [2.24, 2.45) is 17.8 Å². The highest BCUT2D eigenvalue weighted by Crippen LogP contribution is 2.33. The first-order valence-electron chi connectivity index (χ1n) is 11.2. The Morgan fingerprint density at radius 2 is 1.85 bits per heavy atom. The van der Waals surface area contributed by atoms with E-state index in [-0.39, 0.29) is 5.92 Å². The normalized spacial score (nSPS) is 26.1. The molecule has 150 valence electrons. The Bertz CT molecular complexity index is 551. The van der Waals surface area contributed by atoms with E-state index in [1.165, 1.54) is 44.1 Å². The number of rotatable bonds is 8. The van der Waals surface area contributed by atoms with Gasteiger partial charge < -0.3 is 9.64 Å². The number of carbonyl (C=O) groups is 1. The summed E-state index contributed by atoms with van der Waals surface area (Å²) in [5, 5.41) is 0. The summed E-state index contributed by atoms with van der Waals surface area (Å²) < 4.78 is 5.95. The summed E-state index contributed by atoms with van der Waals surface area (Å²) >= 11 is 0. The zero-order chi connectivity index (χ0) is 18.9. The number of amides is 1. The first-order valence-corrected chi connectivity index (χ1v) is 11.2. The van der Waals surface area contributed by atoms with Gasteiger partial charge in [0.1, 0.15) is 0 Å². The van der Waals surface area contributed by atoms with Gasteiger partial charge in [-0.1, -0.05) is 56.5 Å². The van der Waals surface area contributed by atoms with Crippen molar-refractivity contribution < 1.29 is 9.53 Å². The van der Waals surface area contributed by atoms with Crippen molar-refractivity contribution in [3.05, 3.63) is 35.9 Å². The Kier molecular flexibility index (Phi) is 8.19. The van der Waals surface area contributed by atoms with Gasteiger partial charge in [0, 0.05) is 19.0 Å². The average Bonchev–Trinajstić information content (AvgIpc) is 2.73. The molecule has 0 spiro atoms. The second-order valence-electron chi connectivity index (χ2n) is 8.65. The van der Waals surface area contributed by atoms with Gasteiger partial charge >= 0.3 is 0 Å². The summed E-state index contributed by atoms with van der Waals surface area (Å²) in [6, 6.07) is 10.3. The monoisotopic (exact) mass is 371 g/mol. The molecule has 3 heteroatoms. The summed E-state index contributed by atoms with van der Waals surface area (Å²) in [6.45, 7) is 5.55. The lowest BCUT2D eigenvalue weighted by atomic mass is 9.79. The predicted octanol–water partition coefficient (Wildman–Crippen LogP) is 5.44. The minimum atomic E-state index is 0.284. The minimum Gasteiger partial charge on any atom is -0.376 e. The maximum absolute atomic E-state index is 13.0. The first kappa shape index (κ1) is 20.4. The largest absolute Gasteiger partial charge is 0.376 e. The van der Waals surface area contributed by atoms with E-state index >= 15 is 0 Å². The number of carbonyl (C=O) groups excluding carboxylic acids is 1. The van der Waals surface area contributed by atoms with Crippen LogP contribution in [0.25, 0.3) is 0 Å². The molecule has 3 rings (SSSR count). The molecule has 3 nitrogen and oxygen atoms in total. The average molecular weight is 372 g/mol. The molecule has 2 fully saturated rings. The molecule has 1 aromatic carbocycles. The number of hydrogen-bond acceptors (Lipinski definition) is 2. The standard InChI is InChI=1S/C24H37NO2/c1-2-3-8-20-12-14-23(15-13-20)24(26)25-16-7-11-22(17-25)19-27-18-21-9-5-4-6-10-21/h4-6,9-10,20,22-23H,2-3,7-8,11-19H2,1H3. The maximum Gasteiger partial charge on any atom is 0.225 e. The molecule has 1 amide bonds. The van der Waals surface area contributed by atoms with Gasteiger partial charge in [-0.2, -0.15) is 0 Å². The SMILES string of the molecule is CCCCC1CCC(C(=O)N2CCCC(COCc3ccccc3)C2)CC1. The van der Waals surface area contributed by atoms with Crippen molar-refractivity contribution in [1.82, 2.24) is 4.90 Å². The van der Waals surface area contributed by atoms with Gasteiger partial charge in [-0.05, 0) is 55.9 Å². The number of ether oxygens (including phenoxy) is 1. The van der Waals surface area contributed by atoms with Crippen LogP contribution in [0.3, 0.4) is 0 Å². The summed E-state index contributed by atoms with van der Waals surface area (Å²) in [7, 11) is 0. The molecule has 1 atom stereocenters. The lowest BCUT2D eigenvalue weighted by Crippen LogP contribution is -2.44. The highest BCUT2D eigenvalue weighted by atomic mass is 16.5. The molecule has 0 aromatic heterocycles. The zero-order valence-corrected chi connectivity index (χ0v) is 17.1. The van der Waals surface area contributed by atoms with Crippen LogP contribution in [0, 0.1) is 17.8 Å². The van der Waals surface area contributed by atoms with Crippen LogP contribution in [-0.2, 0) is 16.1 Å². The smallest absolute Gasteiger partial charge is 0.225 e.